The van der Waals surface area contributed by atoms with Gasteiger partial charge in [-0.3, -0.25) is 0 Å². The van der Waals surface area contributed by atoms with Gasteiger partial charge in [0.25, 0.3) is 10.2 Å². The molecule has 112 valence electrons. The summed E-state index contributed by atoms with van der Waals surface area (Å²) in [5.74, 6) is 0.521. The predicted molar refractivity (Wildman–Crippen MR) is 77.2 cm³/mol. The molecule has 0 bridgehead atoms. The number of nitrogens with zero attached hydrogens (tertiary/aromatic N) is 1. The molecule has 2 fully saturated rings. The maximum Gasteiger partial charge on any atom is 0.279 e. The summed E-state index contributed by atoms with van der Waals surface area (Å²) in [6, 6.07) is 0.202. The number of hydrogen-bond donors (Lipinski definition) is 2. The van der Waals surface area contributed by atoms with Gasteiger partial charge in [0.15, 0.2) is 0 Å². The molecular weight excluding hydrogens is 262 g/mol. The summed E-state index contributed by atoms with van der Waals surface area (Å²) in [4.78, 5) is 0. The lowest BCUT2D eigenvalue weighted by Gasteiger charge is -2.37. The molecule has 2 aliphatic heterocycles. The summed E-state index contributed by atoms with van der Waals surface area (Å²) in [5.41, 5.74) is 0. The van der Waals surface area contributed by atoms with E-state index in [9.17, 15) is 8.42 Å². The molecule has 0 aromatic heterocycles. The van der Waals surface area contributed by atoms with Crippen LogP contribution in [0.3, 0.4) is 0 Å². The van der Waals surface area contributed by atoms with Crippen LogP contribution in [0.4, 0.5) is 0 Å². The van der Waals surface area contributed by atoms with Crippen molar-refractivity contribution in [1.82, 2.24) is 14.3 Å². The van der Waals surface area contributed by atoms with E-state index in [1.807, 2.05) is 6.92 Å². The van der Waals surface area contributed by atoms with Gasteiger partial charge in [-0.15, -0.1) is 0 Å². The Hall–Kier alpha value is -0.170. The van der Waals surface area contributed by atoms with Gasteiger partial charge >= 0.3 is 0 Å². The van der Waals surface area contributed by atoms with Gasteiger partial charge in [0, 0.05) is 19.1 Å². The van der Waals surface area contributed by atoms with Crippen molar-refractivity contribution in [2.75, 3.05) is 26.2 Å². The fourth-order valence-corrected chi connectivity index (χ4v) is 4.91. The zero-order valence-electron chi connectivity index (χ0n) is 11.9. The van der Waals surface area contributed by atoms with Gasteiger partial charge in [-0.05, 0) is 44.7 Å². The van der Waals surface area contributed by atoms with E-state index in [0.717, 1.165) is 51.6 Å². The second-order valence-corrected chi connectivity index (χ2v) is 7.33. The Morgan fingerprint density at radius 3 is 2.58 bits per heavy atom. The minimum atomic E-state index is -3.29. The highest BCUT2D eigenvalue weighted by molar-refractivity contribution is 7.87. The van der Waals surface area contributed by atoms with Crippen LogP contribution < -0.4 is 10.0 Å². The minimum Gasteiger partial charge on any atom is -0.317 e. The van der Waals surface area contributed by atoms with Crippen LogP contribution in [0.1, 0.15) is 45.4 Å². The molecule has 6 heteroatoms. The zero-order chi connectivity index (χ0) is 13.7. The highest BCUT2D eigenvalue weighted by Gasteiger charge is 2.35. The van der Waals surface area contributed by atoms with Crippen LogP contribution in [0.15, 0.2) is 0 Å². The van der Waals surface area contributed by atoms with E-state index >= 15 is 0 Å². The van der Waals surface area contributed by atoms with Gasteiger partial charge < -0.3 is 5.32 Å². The first kappa shape index (κ1) is 15.2. The molecule has 2 saturated heterocycles. The van der Waals surface area contributed by atoms with Gasteiger partial charge in [0.05, 0.1) is 0 Å². The molecule has 1 atom stereocenters. The lowest BCUT2D eigenvalue weighted by atomic mass is 9.88. The van der Waals surface area contributed by atoms with Crippen LogP contribution in [0.25, 0.3) is 0 Å². The first-order chi connectivity index (χ1) is 9.15. The molecule has 2 aliphatic rings. The SMILES string of the molecule is CCNS(=O)(=O)N1CCCCCC1C1CCNCC1. The van der Waals surface area contributed by atoms with Gasteiger partial charge in [-0.25, -0.2) is 4.72 Å². The van der Waals surface area contributed by atoms with Crippen molar-refractivity contribution in [2.45, 2.75) is 51.5 Å². The number of hydrogen-bond acceptors (Lipinski definition) is 3. The van der Waals surface area contributed by atoms with Crippen molar-refractivity contribution in [2.24, 2.45) is 5.92 Å². The largest absolute Gasteiger partial charge is 0.317 e. The maximum atomic E-state index is 12.4. The average Bonchev–Trinajstić information content (AvgIpc) is 2.65. The number of rotatable bonds is 4. The lowest BCUT2D eigenvalue weighted by molar-refractivity contribution is 0.196. The van der Waals surface area contributed by atoms with E-state index in [2.05, 4.69) is 10.0 Å². The van der Waals surface area contributed by atoms with Crippen molar-refractivity contribution >= 4 is 10.2 Å². The Kier molecular flexibility index (Phi) is 5.62. The molecule has 5 nitrogen and oxygen atoms in total. The maximum absolute atomic E-state index is 12.4. The molecule has 0 aliphatic carbocycles. The molecular formula is C13H27N3O2S. The van der Waals surface area contributed by atoms with Gasteiger partial charge in [-0.1, -0.05) is 19.8 Å². The van der Waals surface area contributed by atoms with Crippen molar-refractivity contribution in [3.05, 3.63) is 0 Å². The molecule has 0 aromatic carbocycles. The number of piperidine rings is 1. The topological polar surface area (TPSA) is 61.4 Å². The molecule has 0 spiro atoms. The molecule has 2 rings (SSSR count). The Morgan fingerprint density at radius 2 is 1.89 bits per heavy atom. The standard InChI is InChI=1S/C13H27N3O2S/c1-2-15-19(17,18)16-11-5-3-4-6-13(16)12-7-9-14-10-8-12/h12-15H,2-11H2,1H3. The first-order valence-electron chi connectivity index (χ1n) is 7.62. The highest BCUT2D eigenvalue weighted by Crippen LogP contribution is 2.29. The van der Waals surface area contributed by atoms with Crippen LogP contribution in [0.2, 0.25) is 0 Å². The van der Waals surface area contributed by atoms with E-state index < -0.39 is 10.2 Å². The van der Waals surface area contributed by atoms with Crippen LogP contribution in [-0.4, -0.2) is 44.9 Å². The smallest absolute Gasteiger partial charge is 0.279 e. The molecule has 0 amide bonds. The van der Waals surface area contributed by atoms with Gasteiger partial charge in [0.2, 0.25) is 0 Å². The first-order valence-corrected chi connectivity index (χ1v) is 9.06. The van der Waals surface area contributed by atoms with E-state index in [0.29, 0.717) is 19.0 Å². The normalized spacial score (nSPS) is 28.2. The fraction of sp³-hybridized carbons (Fsp3) is 1.00. The number of nitrogens with one attached hydrogen (secondary N) is 2. The molecule has 0 aromatic rings. The molecule has 0 saturated carbocycles. The van der Waals surface area contributed by atoms with Crippen molar-refractivity contribution in [1.29, 1.82) is 0 Å². The minimum absolute atomic E-state index is 0.202. The van der Waals surface area contributed by atoms with E-state index in [1.54, 1.807) is 4.31 Å². The second-order valence-electron chi connectivity index (χ2n) is 5.62. The Morgan fingerprint density at radius 1 is 1.16 bits per heavy atom. The zero-order valence-corrected chi connectivity index (χ0v) is 12.7. The molecule has 0 radical (unpaired) electrons. The quantitative estimate of drug-likeness (QED) is 0.814. The van der Waals surface area contributed by atoms with Gasteiger partial charge in [0.1, 0.15) is 0 Å². The van der Waals surface area contributed by atoms with Crippen LogP contribution in [0.5, 0.6) is 0 Å². The van der Waals surface area contributed by atoms with E-state index in [-0.39, 0.29) is 6.04 Å². The Balaban J connectivity index is 2.14. The summed E-state index contributed by atoms with van der Waals surface area (Å²) >= 11 is 0. The van der Waals surface area contributed by atoms with Crippen LogP contribution >= 0.6 is 0 Å². The van der Waals surface area contributed by atoms with E-state index in [1.165, 1.54) is 0 Å². The third-order valence-corrected chi connectivity index (χ3v) is 6.04. The predicted octanol–water partition coefficient (Wildman–Crippen LogP) is 1.08. The van der Waals surface area contributed by atoms with Crippen molar-refractivity contribution < 1.29 is 8.42 Å². The Labute approximate surface area is 117 Å². The summed E-state index contributed by atoms with van der Waals surface area (Å²) < 4.78 is 29.2. The van der Waals surface area contributed by atoms with Crippen molar-refractivity contribution in [3.8, 4) is 0 Å². The fourth-order valence-electron chi connectivity index (χ4n) is 3.37. The summed E-state index contributed by atoms with van der Waals surface area (Å²) in [6.07, 6.45) is 6.53. The summed E-state index contributed by atoms with van der Waals surface area (Å²) in [7, 11) is -3.29. The van der Waals surface area contributed by atoms with Crippen LogP contribution in [0, 0.1) is 5.92 Å². The van der Waals surface area contributed by atoms with Crippen LogP contribution in [-0.2, 0) is 10.2 Å². The third kappa shape index (κ3) is 3.90. The second kappa shape index (κ2) is 7.02. The third-order valence-electron chi connectivity index (χ3n) is 4.31. The summed E-state index contributed by atoms with van der Waals surface area (Å²) in [6.45, 7) is 5.04. The van der Waals surface area contributed by atoms with Gasteiger partial charge in [-0.2, -0.15) is 12.7 Å². The molecule has 2 heterocycles. The highest BCUT2D eigenvalue weighted by atomic mass is 32.2. The Bertz CT molecular complexity index is 366. The average molecular weight is 289 g/mol. The monoisotopic (exact) mass is 289 g/mol. The summed E-state index contributed by atoms with van der Waals surface area (Å²) in [5, 5.41) is 3.36. The van der Waals surface area contributed by atoms with Crippen molar-refractivity contribution in [3.63, 3.8) is 0 Å². The molecule has 19 heavy (non-hydrogen) atoms. The molecule has 1 unspecified atom stereocenters. The lowest BCUT2D eigenvalue weighted by Crippen LogP contribution is -2.50. The molecule has 2 N–H and O–H groups in total. The van der Waals surface area contributed by atoms with E-state index in [4.69, 9.17) is 0 Å².